The van der Waals surface area contributed by atoms with Gasteiger partial charge in [-0.2, -0.15) is 16.9 Å². The Kier molecular flexibility index (Phi) is 7.26. The molecule has 110 valence electrons. The average molecular weight is 304 g/mol. The van der Waals surface area contributed by atoms with Gasteiger partial charge in [-0.15, -0.1) is 0 Å². The number of nitrogens with one attached hydrogen (secondary N) is 1. The molecule has 3 nitrogen and oxygen atoms in total. The first-order valence-corrected chi connectivity index (χ1v) is 8.45. The van der Waals surface area contributed by atoms with Crippen LogP contribution in [0.1, 0.15) is 38.6 Å². The number of aromatic nitrogens is 2. The molecule has 1 aromatic heterocycles. The average Bonchev–Trinajstić information content (AvgIpc) is 2.62. The first-order chi connectivity index (χ1) is 8.99. The molecule has 0 aromatic carbocycles. The van der Waals surface area contributed by atoms with E-state index in [4.69, 9.17) is 11.6 Å². The maximum Gasteiger partial charge on any atom is 0.0847 e. The molecule has 1 rings (SSSR count). The lowest BCUT2D eigenvalue weighted by Crippen LogP contribution is -2.34. The summed E-state index contributed by atoms with van der Waals surface area (Å²) in [5.74, 6) is 1.11. The Morgan fingerprint density at radius 3 is 2.58 bits per heavy atom. The van der Waals surface area contributed by atoms with Crippen LogP contribution in [0.3, 0.4) is 0 Å². The third-order valence-electron chi connectivity index (χ3n) is 3.35. The van der Waals surface area contributed by atoms with Crippen molar-refractivity contribution in [1.29, 1.82) is 0 Å². The van der Waals surface area contributed by atoms with Gasteiger partial charge in [-0.25, -0.2) is 0 Å². The molecule has 0 saturated carbocycles. The van der Waals surface area contributed by atoms with Gasteiger partial charge in [0.25, 0.3) is 0 Å². The molecule has 0 bridgehead atoms. The Morgan fingerprint density at radius 2 is 2.11 bits per heavy atom. The smallest absolute Gasteiger partial charge is 0.0847 e. The molecule has 5 heteroatoms. The molecule has 0 aliphatic heterocycles. The molecular formula is C14H26ClN3S. The number of rotatable bonds is 8. The minimum absolute atomic E-state index is 0.455. The van der Waals surface area contributed by atoms with Crippen LogP contribution in [0.5, 0.6) is 0 Å². The summed E-state index contributed by atoms with van der Waals surface area (Å²) >= 11 is 8.36. The van der Waals surface area contributed by atoms with Crippen LogP contribution in [-0.2, 0) is 13.5 Å². The fourth-order valence-electron chi connectivity index (χ4n) is 2.01. The van der Waals surface area contributed by atoms with E-state index in [0.29, 0.717) is 11.3 Å². The third kappa shape index (κ3) is 5.01. The van der Waals surface area contributed by atoms with Gasteiger partial charge in [0.15, 0.2) is 0 Å². The first kappa shape index (κ1) is 16.9. The molecule has 2 unspecified atom stereocenters. The second kappa shape index (κ2) is 8.18. The van der Waals surface area contributed by atoms with Crippen molar-refractivity contribution in [3.05, 3.63) is 16.4 Å². The number of hydrogen-bond donors (Lipinski definition) is 1. The number of halogens is 1. The molecule has 0 radical (unpaired) electrons. The van der Waals surface area contributed by atoms with E-state index in [-0.39, 0.29) is 0 Å². The van der Waals surface area contributed by atoms with Crippen molar-refractivity contribution in [3.63, 3.8) is 0 Å². The van der Waals surface area contributed by atoms with Crippen LogP contribution in [0.25, 0.3) is 0 Å². The van der Waals surface area contributed by atoms with E-state index in [2.05, 4.69) is 31.2 Å². The summed E-state index contributed by atoms with van der Waals surface area (Å²) in [4.78, 5) is 0. The lowest BCUT2D eigenvalue weighted by Gasteiger charge is -2.19. The van der Waals surface area contributed by atoms with Crippen molar-refractivity contribution in [1.82, 2.24) is 15.1 Å². The van der Waals surface area contributed by atoms with Gasteiger partial charge in [-0.05, 0) is 19.9 Å². The Bertz CT molecular complexity index is 392. The standard InChI is InChI=1S/C14H26ClN3S/c1-6-10(3)19-9-12(16-7-2)8-13-14(15)11(4)17-18(13)5/h10,12,16H,6-9H2,1-5H3. The van der Waals surface area contributed by atoms with Gasteiger partial charge in [0.05, 0.1) is 16.4 Å². The van der Waals surface area contributed by atoms with Crippen LogP contribution in [0.15, 0.2) is 0 Å². The van der Waals surface area contributed by atoms with Gasteiger partial charge >= 0.3 is 0 Å². The highest BCUT2D eigenvalue weighted by Gasteiger charge is 2.17. The summed E-state index contributed by atoms with van der Waals surface area (Å²) in [6.45, 7) is 9.62. The summed E-state index contributed by atoms with van der Waals surface area (Å²) in [5.41, 5.74) is 2.05. The van der Waals surface area contributed by atoms with Crippen LogP contribution in [0.4, 0.5) is 0 Å². The molecule has 1 heterocycles. The Morgan fingerprint density at radius 1 is 1.42 bits per heavy atom. The number of hydrogen-bond acceptors (Lipinski definition) is 3. The summed E-state index contributed by atoms with van der Waals surface area (Å²) < 4.78 is 1.91. The van der Waals surface area contributed by atoms with Gasteiger partial charge in [0.1, 0.15) is 0 Å². The zero-order chi connectivity index (χ0) is 14.4. The van der Waals surface area contributed by atoms with Crippen molar-refractivity contribution in [2.45, 2.75) is 51.8 Å². The minimum atomic E-state index is 0.455. The van der Waals surface area contributed by atoms with Gasteiger partial charge in [-0.3, -0.25) is 4.68 Å². The fraction of sp³-hybridized carbons (Fsp3) is 0.786. The van der Waals surface area contributed by atoms with Crippen LogP contribution in [0, 0.1) is 6.92 Å². The van der Waals surface area contributed by atoms with Crippen molar-refractivity contribution in [2.24, 2.45) is 7.05 Å². The first-order valence-electron chi connectivity index (χ1n) is 7.02. The second-order valence-electron chi connectivity index (χ2n) is 4.98. The second-order valence-corrected chi connectivity index (χ2v) is 6.83. The van der Waals surface area contributed by atoms with E-state index in [1.807, 2.05) is 30.4 Å². The van der Waals surface area contributed by atoms with E-state index in [1.54, 1.807) is 0 Å². The van der Waals surface area contributed by atoms with Crippen LogP contribution < -0.4 is 5.32 Å². The predicted octanol–water partition coefficient (Wildman–Crippen LogP) is 3.43. The number of likely N-dealkylation sites (N-methyl/N-ethyl adjacent to an activating group) is 1. The number of thioether (sulfide) groups is 1. The van der Waals surface area contributed by atoms with E-state index in [0.717, 1.165) is 35.1 Å². The Hall–Kier alpha value is -0.190. The van der Waals surface area contributed by atoms with E-state index < -0.39 is 0 Å². The van der Waals surface area contributed by atoms with Crippen molar-refractivity contribution in [3.8, 4) is 0 Å². The molecule has 0 fully saturated rings. The molecule has 19 heavy (non-hydrogen) atoms. The molecule has 0 aliphatic rings. The highest BCUT2D eigenvalue weighted by atomic mass is 35.5. The molecule has 0 amide bonds. The Balaban J connectivity index is 2.67. The fourth-order valence-corrected chi connectivity index (χ4v) is 3.28. The third-order valence-corrected chi connectivity index (χ3v) is 5.34. The normalized spacial score (nSPS) is 14.6. The lowest BCUT2D eigenvalue weighted by atomic mass is 10.1. The summed E-state index contributed by atoms with van der Waals surface area (Å²) in [5, 5.41) is 9.47. The van der Waals surface area contributed by atoms with Crippen molar-refractivity contribution >= 4 is 23.4 Å². The zero-order valence-electron chi connectivity index (χ0n) is 12.7. The van der Waals surface area contributed by atoms with Gasteiger partial charge in [0, 0.05) is 30.5 Å². The molecule has 0 spiro atoms. The van der Waals surface area contributed by atoms with E-state index in [9.17, 15) is 0 Å². The topological polar surface area (TPSA) is 29.9 Å². The molecule has 0 saturated heterocycles. The van der Waals surface area contributed by atoms with Gasteiger partial charge in [-0.1, -0.05) is 32.4 Å². The summed E-state index contributed by atoms with van der Waals surface area (Å²) in [6, 6.07) is 0.455. The van der Waals surface area contributed by atoms with Crippen molar-refractivity contribution < 1.29 is 0 Å². The molecule has 2 atom stereocenters. The predicted molar refractivity (Wildman–Crippen MR) is 86.3 cm³/mol. The summed E-state index contributed by atoms with van der Waals surface area (Å²) in [6.07, 6.45) is 2.16. The minimum Gasteiger partial charge on any atom is -0.313 e. The quantitative estimate of drug-likeness (QED) is 0.798. The largest absolute Gasteiger partial charge is 0.313 e. The maximum absolute atomic E-state index is 6.33. The SMILES string of the molecule is CCNC(CSC(C)CC)Cc1c(Cl)c(C)nn1C. The highest BCUT2D eigenvalue weighted by molar-refractivity contribution is 7.99. The zero-order valence-corrected chi connectivity index (χ0v) is 14.2. The van der Waals surface area contributed by atoms with E-state index in [1.165, 1.54) is 6.42 Å². The monoisotopic (exact) mass is 303 g/mol. The molecule has 1 N–H and O–H groups in total. The summed E-state index contributed by atoms with van der Waals surface area (Å²) in [7, 11) is 1.97. The Labute approximate surface area is 126 Å². The molecular weight excluding hydrogens is 278 g/mol. The number of nitrogens with zero attached hydrogens (tertiary/aromatic N) is 2. The van der Waals surface area contributed by atoms with E-state index >= 15 is 0 Å². The van der Waals surface area contributed by atoms with Crippen LogP contribution >= 0.6 is 23.4 Å². The van der Waals surface area contributed by atoms with Gasteiger partial charge in [0.2, 0.25) is 0 Å². The van der Waals surface area contributed by atoms with Crippen molar-refractivity contribution in [2.75, 3.05) is 12.3 Å². The number of aryl methyl sites for hydroxylation is 2. The molecule has 1 aromatic rings. The lowest BCUT2D eigenvalue weighted by molar-refractivity contribution is 0.548. The van der Waals surface area contributed by atoms with Crippen LogP contribution in [0.2, 0.25) is 5.02 Å². The highest BCUT2D eigenvalue weighted by Crippen LogP contribution is 2.22. The van der Waals surface area contributed by atoms with Gasteiger partial charge < -0.3 is 5.32 Å². The van der Waals surface area contributed by atoms with Crippen LogP contribution in [-0.4, -0.2) is 33.4 Å². The molecule has 0 aliphatic carbocycles. The maximum atomic E-state index is 6.33.